The molecule has 1 aromatic carbocycles. The Kier molecular flexibility index (Phi) is 4.91. The molecule has 3 aromatic rings. The van der Waals surface area contributed by atoms with Gasteiger partial charge in [0.1, 0.15) is 5.69 Å². The van der Waals surface area contributed by atoms with Crippen molar-refractivity contribution in [2.45, 2.75) is 32.5 Å². The Morgan fingerprint density at radius 2 is 1.90 bits per heavy atom. The topological polar surface area (TPSA) is 73.1 Å². The Labute approximate surface area is 163 Å². The second-order valence-electron chi connectivity index (χ2n) is 6.69. The molecule has 0 aliphatic carbocycles. The number of fused-ring (bicyclic) bond motifs is 1. The highest BCUT2D eigenvalue weighted by Gasteiger charge is 2.30. The summed E-state index contributed by atoms with van der Waals surface area (Å²) in [6.45, 7) is 2.45. The van der Waals surface area contributed by atoms with Gasteiger partial charge < -0.3 is 9.64 Å². The van der Waals surface area contributed by atoms with Crippen molar-refractivity contribution in [2.24, 2.45) is 0 Å². The number of rotatable bonds is 4. The van der Waals surface area contributed by atoms with Crippen LogP contribution < -0.4 is 4.74 Å². The van der Waals surface area contributed by atoms with Crippen LogP contribution in [0.25, 0.3) is 0 Å². The molecule has 150 valence electrons. The van der Waals surface area contributed by atoms with E-state index >= 15 is 0 Å². The molecule has 1 atom stereocenters. The summed E-state index contributed by atoms with van der Waals surface area (Å²) in [6, 6.07) is 3.26. The molecule has 0 spiro atoms. The van der Waals surface area contributed by atoms with Crippen molar-refractivity contribution >= 4 is 5.91 Å². The van der Waals surface area contributed by atoms with E-state index in [0.717, 1.165) is 12.1 Å². The highest BCUT2D eigenvalue weighted by molar-refractivity contribution is 5.79. The Morgan fingerprint density at radius 3 is 2.59 bits per heavy atom. The van der Waals surface area contributed by atoms with Crippen LogP contribution in [0.15, 0.2) is 36.8 Å². The number of ether oxygens (including phenoxy) is 1. The summed E-state index contributed by atoms with van der Waals surface area (Å²) < 4.78 is 47.4. The fraction of sp³-hybridized carbons (Fsp3) is 0.263. The summed E-state index contributed by atoms with van der Waals surface area (Å²) in [5.74, 6) is -4.13. The second-order valence-corrected chi connectivity index (χ2v) is 6.69. The van der Waals surface area contributed by atoms with Crippen LogP contribution in [0.2, 0.25) is 0 Å². The highest BCUT2D eigenvalue weighted by Crippen LogP contribution is 2.28. The third-order valence-electron chi connectivity index (χ3n) is 4.66. The molecule has 2 aromatic heterocycles. The summed E-state index contributed by atoms with van der Waals surface area (Å²) >= 11 is 0. The van der Waals surface area contributed by atoms with Crippen molar-refractivity contribution in [1.29, 1.82) is 0 Å². The van der Waals surface area contributed by atoms with Gasteiger partial charge in [0.15, 0.2) is 23.2 Å². The molecular weight excluding hydrogens is 387 g/mol. The third kappa shape index (κ3) is 3.78. The van der Waals surface area contributed by atoms with E-state index in [0.29, 0.717) is 18.0 Å². The van der Waals surface area contributed by atoms with Gasteiger partial charge in [-0.2, -0.15) is 5.10 Å². The van der Waals surface area contributed by atoms with Gasteiger partial charge in [0.05, 0.1) is 25.7 Å². The van der Waals surface area contributed by atoms with Gasteiger partial charge in [0.2, 0.25) is 5.91 Å². The molecule has 7 nitrogen and oxygen atoms in total. The van der Waals surface area contributed by atoms with Crippen molar-refractivity contribution in [1.82, 2.24) is 24.6 Å². The van der Waals surface area contributed by atoms with Crippen molar-refractivity contribution in [2.75, 3.05) is 0 Å². The summed E-state index contributed by atoms with van der Waals surface area (Å²) in [5.41, 5.74) is 0.715. The Morgan fingerprint density at radius 1 is 1.21 bits per heavy atom. The van der Waals surface area contributed by atoms with Crippen LogP contribution in [0.5, 0.6) is 11.8 Å². The third-order valence-corrected chi connectivity index (χ3v) is 4.66. The maximum atomic E-state index is 13.4. The number of halogens is 3. The minimum absolute atomic E-state index is 0.0619. The van der Waals surface area contributed by atoms with Gasteiger partial charge in [-0.05, 0) is 30.7 Å². The number of nitrogens with zero attached hydrogens (tertiary/aromatic N) is 5. The van der Waals surface area contributed by atoms with Crippen LogP contribution >= 0.6 is 0 Å². The lowest BCUT2D eigenvalue weighted by Gasteiger charge is -2.34. The van der Waals surface area contributed by atoms with Crippen LogP contribution in [0, 0.1) is 17.5 Å². The Balaban J connectivity index is 1.53. The first-order valence-electron chi connectivity index (χ1n) is 8.85. The van der Waals surface area contributed by atoms with E-state index < -0.39 is 17.5 Å². The van der Waals surface area contributed by atoms with Gasteiger partial charge in [-0.3, -0.25) is 9.48 Å². The summed E-state index contributed by atoms with van der Waals surface area (Å²) in [6.07, 6.45) is 4.34. The largest absolute Gasteiger partial charge is 0.421 e. The monoisotopic (exact) mass is 403 g/mol. The van der Waals surface area contributed by atoms with Crippen molar-refractivity contribution < 1.29 is 22.7 Å². The standard InChI is InChI=1S/C19H16F3N5O2/c1-11-9-27-15(16(8-25-27)29-19-23-3-2-4-24-19)10-26(11)17(28)7-12-5-13(20)18(22)14(21)6-12/h2-6,8,11H,7,9-10H2,1H3/t11-/m0/s1. The van der Waals surface area contributed by atoms with Gasteiger partial charge in [-0.1, -0.05) is 0 Å². The fourth-order valence-electron chi connectivity index (χ4n) is 3.22. The molecule has 0 saturated carbocycles. The average Bonchev–Trinajstić information content (AvgIpc) is 3.07. The van der Waals surface area contributed by atoms with E-state index in [9.17, 15) is 18.0 Å². The van der Waals surface area contributed by atoms with Gasteiger partial charge in [0, 0.05) is 18.4 Å². The molecule has 10 heteroatoms. The van der Waals surface area contributed by atoms with Crippen molar-refractivity contribution in [3.8, 4) is 11.8 Å². The SMILES string of the molecule is C[C@H]1Cn2ncc(Oc3ncccn3)c2CN1C(=O)Cc1cc(F)c(F)c(F)c1. The molecule has 1 aliphatic heterocycles. The maximum absolute atomic E-state index is 13.4. The first-order chi connectivity index (χ1) is 13.9. The number of amides is 1. The van der Waals surface area contributed by atoms with Gasteiger partial charge in [-0.15, -0.1) is 0 Å². The molecular formula is C19H16F3N5O2. The minimum atomic E-state index is -1.55. The number of benzene rings is 1. The predicted molar refractivity (Wildman–Crippen MR) is 94.4 cm³/mol. The number of hydrogen-bond donors (Lipinski definition) is 0. The summed E-state index contributed by atoms with van der Waals surface area (Å²) in [7, 11) is 0. The summed E-state index contributed by atoms with van der Waals surface area (Å²) in [4.78, 5) is 22.3. The predicted octanol–water partition coefficient (Wildman–Crippen LogP) is 2.86. The normalized spacial score (nSPS) is 15.9. The number of carbonyl (C=O) groups excluding carboxylic acids is 1. The quantitative estimate of drug-likeness (QED) is 0.627. The zero-order valence-electron chi connectivity index (χ0n) is 15.3. The first-order valence-corrected chi connectivity index (χ1v) is 8.85. The fourth-order valence-corrected chi connectivity index (χ4v) is 3.22. The van der Waals surface area contributed by atoms with E-state index in [1.807, 2.05) is 6.92 Å². The van der Waals surface area contributed by atoms with E-state index in [1.54, 1.807) is 15.6 Å². The lowest BCUT2D eigenvalue weighted by molar-refractivity contribution is -0.134. The Bertz CT molecular complexity index is 1030. The lowest BCUT2D eigenvalue weighted by Crippen LogP contribution is -2.45. The van der Waals surface area contributed by atoms with E-state index in [1.165, 1.54) is 18.6 Å². The van der Waals surface area contributed by atoms with E-state index in [4.69, 9.17) is 4.74 Å². The van der Waals surface area contributed by atoms with E-state index in [2.05, 4.69) is 15.1 Å². The average molecular weight is 403 g/mol. The second kappa shape index (κ2) is 7.53. The Hall–Kier alpha value is -3.43. The lowest BCUT2D eigenvalue weighted by atomic mass is 10.1. The van der Waals surface area contributed by atoms with Gasteiger partial charge in [-0.25, -0.2) is 23.1 Å². The molecule has 0 saturated heterocycles. The van der Waals surface area contributed by atoms with Crippen LogP contribution in [0.4, 0.5) is 13.2 Å². The molecule has 0 fully saturated rings. The summed E-state index contributed by atoms with van der Waals surface area (Å²) in [5, 5.41) is 4.27. The molecule has 0 N–H and O–H groups in total. The van der Waals surface area contributed by atoms with Gasteiger partial charge in [0.25, 0.3) is 0 Å². The van der Waals surface area contributed by atoms with Crippen LogP contribution in [0.1, 0.15) is 18.2 Å². The van der Waals surface area contributed by atoms with Crippen LogP contribution in [-0.2, 0) is 24.3 Å². The zero-order chi connectivity index (χ0) is 20.5. The molecule has 1 amide bonds. The molecule has 4 rings (SSSR count). The minimum Gasteiger partial charge on any atom is -0.421 e. The molecule has 1 aliphatic rings. The molecule has 0 unspecified atom stereocenters. The molecule has 29 heavy (non-hydrogen) atoms. The van der Waals surface area contributed by atoms with Crippen LogP contribution in [0.3, 0.4) is 0 Å². The van der Waals surface area contributed by atoms with Crippen LogP contribution in [-0.4, -0.2) is 36.6 Å². The first kappa shape index (κ1) is 18.9. The smallest absolute Gasteiger partial charge is 0.321 e. The zero-order valence-corrected chi connectivity index (χ0v) is 15.3. The number of carbonyl (C=O) groups is 1. The molecule has 0 bridgehead atoms. The van der Waals surface area contributed by atoms with E-state index in [-0.39, 0.29) is 36.5 Å². The van der Waals surface area contributed by atoms with Crippen molar-refractivity contribution in [3.05, 3.63) is 65.5 Å². The highest BCUT2D eigenvalue weighted by atomic mass is 19.2. The molecule has 0 radical (unpaired) electrons. The number of hydrogen-bond acceptors (Lipinski definition) is 5. The maximum Gasteiger partial charge on any atom is 0.321 e. The van der Waals surface area contributed by atoms with Gasteiger partial charge >= 0.3 is 6.01 Å². The molecule has 3 heterocycles. The number of aromatic nitrogens is 4. The van der Waals surface area contributed by atoms with Crippen molar-refractivity contribution in [3.63, 3.8) is 0 Å².